The van der Waals surface area contributed by atoms with Gasteiger partial charge in [0.2, 0.25) is 0 Å². The van der Waals surface area contributed by atoms with Crippen LogP contribution in [-0.2, 0) is 4.74 Å². The van der Waals surface area contributed by atoms with Gasteiger partial charge in [0.25, 0.3) is 5.91 Å². The first-order chi connectivity index (χ1) is 12.5. The number of rotatable bonds is 4. The van der Waals surface area contributed by atoms with Gasteiger partial charge in [-0.3, -0.25) is 4.79 Å². The number of amides is 1. The Hall–Kier alpha value is -3.48. The van der Waals surface area contributed by atoms with E-state index in [1.165, 1.54) is 30.3 Å². The highest BCUT2D eigenvalue weighted by molar-refractivity contribution is 6.07. The van der Waals surface area contributed by atoms with Gasteiger partial charge in [-0.25, -0.2) is 14.0 Å². The molecule has 6 nitrogen and oxygen atoms in total. The highest BCUT2D eigenvalue weighted by Crippen LogP contribution is 2.19. The van der Waals surface area contributed by atoms with Crippen LogP contribution < -0.4 is 10.9 Å². The number of hydrogen-bond acceptors (Lipinski definition) is 5. The van der Waals surface area contributed by atoms with Gasteiger partial charge in [-0.05, 0) is 42.6 Å². The first-order valence-electron chi connectivity index (χ1n) is 7.80. The van der Waals surface area contributed by atoms with Crippen molar-refractivity contribution in [3.05, 3.63) is 76.1 Å². The molecule has 3 rings (SSSR count). The van der Waals surface area contributed by atoms with Gasteiger partial charge in [0.05, 0.1) is 23.2 Å². The number of nitrogens with one attached hydrogen (secondary N) is 1. The van der Waals surface area contributed by atoms with Crippen LogP contribution in [0, 0.1) is 5.82 Å². The van der Waals surface area contributed by atoms with Gasteiger partial charge in [-0.1, -0.05) is 18.2 Å². The van der Waals surface area contributed by atoms with Crippen molar-refractivity contribution in [2.45, 2.75) is 6.92 Å². The molecule has 0 aliphatic carbocycles. The zero-order valence-electron chi connectivity index (χ0n) is 13.7. The van der Waals surface area contributed by atoms with Crippen molar-refractivity contribution in [1.82, 2.24) is 0 Å². The van der Waals surface area contributed by atoms with Gasteiger partial charge in [0, 0.05) is 0 Å². The van der Waals surface area contributed by atoms with Crippen LogP contribution in [0.3, 0.4) is 0 Å². The van der Waals surface area contributed by atoms with Crippen molar-refractivity contribution in [3.8, 4) is 0 Å². The molecule has 0 aliphatic heterocycles. The second kappa shape index (κ2) is 7.18. The van der Waals surface area contributed by atoms with Crippen LogP contribution in [0.4, 0.5) is 10.1 Å². The number of halogens is 1. The number of para-hydroxylation sites is 1. The maximum absolute atomic E-state index is 13.2. The van der Waals surface area contributed by atoms with Gasteiger partial charge < -0.3 is 14.5 Å². The summed E-state index contributed by atoms with van der Waals surface area (Å²) < 4.78 is 23.2. The molecule has 1 N–H and O–H groups in total. The minimum atomic E-state index is -0.828. The topological polar surface area (TPSA) is 85.6 Å². The van der Waals surface area contributed by atoms with Crippen molar-refractivity contribution < 1.29 is 23.1 Å². The predicted octanol–water partition coefficient (Wildman–Crippen LogP) is 3.36. The Morgan fingerprint density at radius 3 is 2.69 bits per heavy atom. The summed E-state index contributed by atoms with van der Waals surface area (Å²) in [5.41, 5.74) is -0.434. The summed E-state index contributed by atoms with van der Waals surface area (Å²) in [7, 11) is 0. The lowest BCUT2D eigenvalue weighted by Crippen LogP contribution is -2.17. The summed E-state index contributed by atoms with van der Waals surface area (Å²) in [4.78, 5) is 36.4. The molecule has 1 heterocycles. The number of carbonyl (C=O) groups excluding carboxylic acids is 2. The zero-order valence-corrected chi connectivity index (χ0v) is 13.7. The minimum absolute atomic E-state index is 0.0356. The molecule has 0 fully saturated rings. The van der Waals surface area contributed by atoms with E-state index in [-0.39, 0.29) is 29.0 Å². The van der Waals surface area contributed by atoms with Crippen molar-refractivity contribution >= 4 is 28.3 Å². The first kappa shape index (κ1) is 17.3. The van der Waals surface area contributed by atoms with Crippen LogP contribution in [-0.4, -0.2) is 18.5 Å². The average Bonchev–Trinajstić information content (AvgIpc) is 2.62. The molecule has 0 unspecified atom stereocenters. The van der Waals surface area contributed by atoms with Gasteiger partial charge in [0.1, 0.15) is 5.82 Å². The number of carbonyl (C=O) groups is 2. The summed E-state index contributed by atoms with van der Waals surface area (Å²) in [6, 6.07) is 11.2. The van der Waals surface area contributed by atoms with Crippen LogP contribution in [0.2, 0.25) is 0 Å². The van der Waals surface area contributed by atoms with Crippen LogP contribution in [0.25, 0.3) is 10.8 Å². The average molecular weight is 355 g/mol. The molecule has 1 aromatic heterocycles. The van der Waals surface area contributed by atoms with E-state index in [0.29, 0.717) is 5.39 Å². The third-order valence-electron chi connectivity index (χ3n) is 3.62. The highest BCUT2D eigenvalue weighted by Gasteiger charge is 2.17. The molecule has 3 aromatic rings. The monoisotopic (exact) mass is 355 g/mol. The van der Waals surface area contributed by atoms with E-state index in [2.05, 4.69) is 5.32 Å². The van der Waals surface area contributed by atoms with Crippen molar-refractivity contribution in [2.75, 3.05) is 11.9 Å². The summed E-state index contributed by atoms with van der Waals surface area (Å²) >= 11 is 0. The maximum atomic E-state index is 13.2. The number of esters is 1. The van der Waals surface area contributed by atoms with Crippen molar-refractivity contribution in [3.63, 3.8) is 0 Å². The number of fused-ring (bicyclic) bond motifs is 1. The molecule has 7 heteroatoms. The second-order valence-corrected chi connectivity index (χ2v) is 5.35. The molecule has 26 heavy (non-hydrogen) atoms. The van der Waals surface area contributed by atoms with E-state index in [0.717, 1.165) is 6.07 Å². The minimum Gasteiger partial charge on any atom is -0.462 e. The molecular formula is C19H14FNO5. The largest absolute Gasteiger partial charge is 0.462 e. The Labute approximate surface area is 147 Å². The van der Waals surface area contributed by atoms with Crippen LogP contribution >= 0.6 is 0 Å². The molecular weight excluding hydrogens is 341 g/mol. The van der Waals surface area contributed by atoms with E-state index < -0.39 is 23.3 Å². The van der Waals surface area contributed by atoms with Crippen molar-refractivity contribution in [1.29, 1.82) is 0 Å². The Kier molecular flexibility index (Phi) is 4.79. The fourth-order valence-corrected chi connectivity index (χ4v) is 2.43. The molecule has 0 aliphatic rings. The predicted molar refractivity (Wildman–Crippen MR) is 92.8 cm³/mol. The van der Waals surface area contributed by atoms with Crippen molar-refractivity contribution in [2.24, 2.45) is 0 Å². The van der Waals surface area contributed by atoms with Gasteiger partial charge >= 0.3 is 11.6 Å². The quantitative estimate of drug-likeness (QED) is 0.725. The number of ether oxygens (including phenoxy) is 1. The number of anilines is 1. The second-order valence-electron chi connectivity index (χ2n) is 5.35. The van der Waals surface area contributed by atoms with Gasteiger partial charge in [-0.2, -0.15) is 0 Å². The molecule has 2 aromatic carbocycles. The molecule has 0 radical (unpaired) electrons. The number of hydrogen-bond donors (Lipinski definition) is 1. The fraction of sp³-hybridized carbons (Fsp3) is 0.105. The number of benzene rings is 2. The normalized spacial score (nSPS) is 10.5. The fourth-order valence-electron chi connectivity index (χ4n) is 2.43. The lowest BCUT2D eigenvalue weighted by atomic mass is 10.1. The third-order valence-corrected chi connectivity index (χ3v) is 3.62. The van der Waals surface area contributed by atoms with E-state index in [1.807, 2.05) is 0 Å². The van der Waals surface area contributed by atoms with E-state index >= 15 is 0 Å². The van der Waals surface area contributed by atoms with Crippen LogP contribution in [0.15, 0.2) is 57.7 Å². The summed E-state index contributed by atoms with van der Waals surface area (Å²) in [5, 5.41) is 2.93. The summed E-state index contributed by atoms with van der Waals surface area (Å²) in [6.45, 7) is 1.86. The Balaban J connectivity index is 1.94. The molecule has 0 atom stereocenters. The molecule has 0 spiro atoms. The molecule has 0 saturated carbocycles. The zero-order chi connectivity index (χ0) is 18.7. The SMILES string of the molecule is CCOC(=O)c1ccccc1NC(=O)c1cc2ccc(F)cc2c(=O)o1. The van der Waals surface area contributed by atoms with Crippen LogP contribution in [0.1, 0.15) is 27.8 Å². The molecule has 0 saturated heterocycles. The maximum Gasteiger partial charge on any atom is 0.344 e. The Morgan fingerprint density at radius 2 is 1.92 bits per heavy atom. The van der Waals surface area contributed by atoms with E-state index in [4.69, 9.17) is 9.15 Å². The summed E-state index contributed by atoms with van der Waals surface area (Å²) in [6.07, 6.45) is 0. The molecule has 132 valence electrons. The van der Waals surface area contributed by atoms with E-state index in [1.54, 1.807) is 19.1 Å². The molecule has 1 amide bonds. The first-order valence-corrected chi connectivity index (χ1v) is 7.80. The molecule has 0 bridgehead atoms. The highest BCUT2D eigenvalue weighted by atomic mass is 19.1. The Morgan fingerprint density at radius 1 is 1.15 bits per heavy atom. The Bertz CT molecular complexity index is 1060. The van der Waals surface area contributed by atoms with Crippen LogP contribution in [0.5, 0.6) is 0 Å². The lowest BCUT2D eigenvalue weighted by Gasteiger charge is -2.10. The standard InChI is InChI=1S/C19H14FNO5/c1-2-25-18(23)13-5-3-4-6-15(13)21-17(22)16-9-11-7-8-12(20)10-14(11)19(24)26-16/h3-10H,2H2,1H3,(H,21,22). The smallest absolute Gasteiger partial charge is 0.344 e. The lowest BCUT2D eigenvalue weighted by molar-refractivity contribution is 0.0527. The van der Waals surface area contributed by atoms with Gasteiger partial charge in [0.15, 0.2) is 5.76 Å². The third kappa shape index (κ3) is 3.46. The summed E-state index contributed by atoms with van der Waals surface area (Å²) in [5.74, 6) is -2.14. The van der Waals surface area contributed by atoms with E-state index in [9.17, 15) is 18.8 Å². The van der Waals surface area contributed by atoms with Gasteiger partial charge in [-0.15, -0.1) is 0 Å².